The molecule has 1 rings (SSSR count). The van der Waals surface area contributed by atoms with Gasteiger partial charge in [0.1, 0.15) is 0 Å². The summed E-state index contributed by atoms with van der Waals surface area (Å²) in [6.45, 7) is 7.43. The molecule has 1 aliphatic rings. The summed E-state index contributed by atoms with van der Waals surface area (Å²) < 4.78 is 11.2. The molecule has 1 aliphatic heterocycles. The van der Waals surface area contributed by atoms with Gasteiger partial charge in [0.25, 0.3) is 0 Å². The molecule has 0 amide bonds. The first-order chi connectivity index (χ1) is 5.72. The van der Waals surface area contributed by atoms with Crippen LogP contribution in [0.4, 0.5) is 0 Å². The highest BCUT2D eigenvalue weighted by Gasteiger charge is 2.21. The Balaban J connectivity index is 2.25. The molecule has 0 aromatic heterocycles. The third-order valence-corrected chi connectivity index (χ3v) is 2.21. The van der Waals surface area contributed by atoms with Crippen LogP contribution in [0.3, 0.4) is 0 Å². The molecule has 0 spiro atoms. The normalized spacial score (nSPS) is 31.0. The molecule has 0 aromatic rings. The van der Waals surface area contributed by atoms with Crippen LogP contribution in [-0.4, -0.2) is 19.0 Å². The molecule has 0 saturated carbocycles. The summed E-state index contributed by atoms with van der Waals surface area (Å²) in [6.07, 6.45) is 3.69. The van der Waals surface area contributed by atoms with Crippen LogP contribution in [0.1, 0.15) is 40.0 Å². The zero-order valence-corrected chi connectivity index (χ0v) is 8.38. The van der Waals surface area contributed by atoms with E-state index in [0.717, 1.165) is 25.9 Å². The lowest BCUT2D eigenvalue weighted by atomic mass is 10.1. The Morgan fingerprint density at radius 1 is 1.42 bits per heavy atom. The molecule has 12 heavy (non-hydrogen) atoms. The highest BCUT2D eigenvalue weighted by molar-refractivity contribution is 4.63. The quantitative estimate of drug-likeness (QED) is 0.651. The molecule has 1 saturated heterocycles. The number of ether oxygens (including phenoxy) is 2. The molecule has 2 nitrogen and oxygen atoms in total. The zero-order valence-electron chi connectivity index (χ0n) is 8.38. The minimum absolute atomic E-state index is 0.0590. The molecular weight excluding hydrogens is 152 g/mol. The third-order valence-electron chi connectivity index (χ3n) is 2.21. The summed E-state index contributed by atoms with van der Waals surface area (Å²) in [7, 11) is 0. The minimum Gasteiger partial charge on any atom is -0.353 e. The van der Waals surface area contributed by atoms with Crippen LogP contribution in [-0.2, 0) is 9.47 Å². The van der Waals surface area contributed by atoms with Crippen LogP contribution >= 0.6 is 0 Å². The van der Waals surface area contributed by atoms with E-state index in [1.165, 1.54) is 0 Å². The SMILES string of the molecule is CCC1CCOC(CC(C)C)O1. The number of rotatable bonds is 3. The van der Waals surface area contributed by atoms with Crippen molar-refractivity contribution in [2.24, 2.45) is 5.92 Å². The second-order valence-electron chi connectivity index (χ2n) is 3.88. The van der Waals surface area contributed by atoms with Gasteiger partial charge in [-0.25, -0.2) is 0 Å². The molecule has 1 heterocycles. The summed E-state index contributed by atoms with van der Waals surface area (Å²) in [5.74, 6) is 0.658. The van der Waals surface area contributed by atoms with Crippen molar-refractivity contribution in [1.29, 1.82) is 0 Å². The Kier molecular flexibility index (Phi) is 4.02. The predicted molar refractivity (Wildman–Crippen MR) is 49.0 cm³/mol. The van der Waals surface area contributed by atoms with Crippen molar-refractivity contribution in [3.05, 3.63) is 0 Å². The van der Waals surface area contributed by atoms with Gasteiger partial charge in [0.05, 0.1) is 12.7 Å². The van der Waals surface area contributed by atoms with Gasteiger partial charge in [0.2, 0.25) is 0 Å². The second-order valence-corrected chi connectivity index (χ2v) is 3.88. The standard InChI is InChI=1S/C10H20O2/c1-4-9-5-6-11-10(12-9)7-8(2)3/h8-10H,4-7H2,1-3H3. The fourth-order valence-corrected chi connectivity index (χ4v) is 1.46. The fourth-order valence-electron chi connectivity index (χ4n) is 1.46. The average Bonchev–Trinajstić information content (AvgIpc) is 2.03. The maximum atomic E-state index is 5.72. The highest BCUT2D eigenvalue weighted by atomic mass is 16.7. The smallest absolute Gasteiger partial charge is 0.158 e. The minimum atomic E-state index is 0.0590. The van der Waals surface area contributed by atoms with Crippen molar-refractivity contribution in [3.8, 4) is 0 Å². The van der Waals surface area contributed by atoms with Crippen LogP contribution in [0.2, 0.25) is 0 Å². The van der Waals surface area contributed by atoms with E-state index in [1.807, 2.05) is 0 Å². The summed E-state index contributed by atoms with van der Waals surface area (Å²) in [6, 6.07) is 0. The van der Waals surface area contributed by atoms with E-state index in [9.17, 15) is 0 Å². The van der Waals surface area contributed by atoms with Gasteiger partial charge in [-0.2, -0.15) is 0 Å². The average molecular weight is 172 g/mol. The van der Waals surface area contributed by atoms with Gasteiger partial charge in [-0.1, -0.05) is 20.8 Å². The van der Waals surface area contributed by atoms with Crippen molar-refractivity contribution in [2.45, 2.75) is 52.4 Å². The molecule has 0 N–H and O–H groups in total. The zero-order chi connectivity index (χ0) is 8.97. The molecule has 72 valence electrons. The Labute approximate surface area is 75.2 Å². The fraction of sp³-hybridized carbons (Fsp3) is 1.00. The van der Waals surface area contributed by atoms with Gasteiger partial charge in [-0.15, -0.1) is 0 Å². The summed E-state index contributed by atoms with van der Waals surface area (Å²) in [5.41, 5.74) is 0. The topological polar surface area (TPSA) is 18.5 Å². The molecule has 0 aromatic carbocycles. The molecule has 2 heteroatoms. The molecule has 2 unspecified atom stereocenters. The summed E-state index contributed by atoms with van der Waals surface area (Å²) >= 11 is 0. The van der Waals surface area contributed by atoms with E-state index in [0.29, 0.717) is 12.0 Å². The Morgan fingerprint density at radius 2 is 2.17 bits per heavy atom. The first-order valence-electron chi connectivity index (χ1n) is 4.99. The van der Waals surface area contributed by atoms with Crippen LogP contribution in [0.5, 0.6) is 0 Å². The highest BCUT2D eigenvalue weighted by Crippen LogP contribution is 2.19. The largest absolute Gasteiger partial charge is 0.353 e. The van der Waals surface area contributed by atoms with Gasteiger partial charge in [-0.3, -0.25) is 0 Å². The van der Waals surface area contributed by atoms with Crippen LogP contribution in [0.15, 0.2) is 0 Å². The van der Waals surface area contributed by atoms with Crippen molar-refractivity contribution in [3.63, 3.8) is 0 Å². The molecule has 0 bridgehead atoms. The van der Waals surface area contributed by atoms with Gasteiger partial charge < -0.3 is 9.47 Å². The monoisotopic (exact) mass is 172 g/mol. The van der Waals surface area contributed by atoms with Crippen molar-refractivity contribution < 1.29 is 9.47 Å². The maximum absolute atomic E-state index is 5.72. The van der Waals surface area contributed by atoms with E-state index in [4.69, 9.17) is 9.47 Å². The van der Waals surface area contributed by atoms with Crippen molar-refractivity contribution >= 4 is 0 Å². The van der Waals surface area contributed by atoms with E-state index in [1.54, 1.807) is 0 Å². The Hall–Kier alpha value is -0.0800. The van der Waals surface area contributed by atoms with E-state index < -0.39 is 0 Å². The first-order valence-corrected chi connectivity index (χ1v) is 4.99. The summed E-state index contributed by atoms with van der Waals surface area (Å²) in [5, 5.41) is 0. The molecule has 0 aliphatic carbocycles. The molecule has 2 atom stereocenters. The van der Waals surface area contributed by atoms with Gasteiger partial charge in [0, 0.05) is 6.42 Å². The Bertz CT molecular complexity index is 123. The van der Waals surface area contributed by atoms with Crippen molar-refractivity contribution in [1.82, 2.24) is 0 Å². The number of hydrogen-bond donors (Lipinski definition) is 0. The van der Waals surface area contributed by atoms with Gasteiger partial charge in [-0.05, 0) is 18.8 Å². The lowest BCUT2D eigenvalue weighted by molar-refractivity contribution is -0.218. The Morgan fingerprint density at radius 3 is 2.75 bits per heavy atom. The van der Waals surface area contributed by atoms with Gasteiger partial charge in [0.15, 0.2) is 6.29 Å². The van der Waals surface area contributed by atoms with E-state index >= 15 is 0 Å². The number of hydrogen-bond acceptors (Lipinski definition) is 2. The molecular formula is C10H20O2. The molecule has 0 radical (unpaired) electrons. The third kappa shape index (κ3) is 3.11. The lowest BCUT2D eigenvalue weighted by Gasteiger charge is -2.30. The van der Waals surface area contributed by atoms with E-state index in [2.05, 4.69) is 20.8 Å². The van der Waals surface area contributed by atoms with Crippen LogP contribution in [0.25, 0.3) is 0 Å². The van der Waals surface area contributed by atoms with Crippen molar-refractivity contribution in [2.75, 3.05) is 6.61 Å². The lowest BCUT2D eigenvalue weighted by Crippen LogP contribution is -2.32. The first kappa shape index (κ1) is 10.0. The second kappa shape index (κ2) is 4.83. The summed E-state index contributed by atoms with van der Waals surface area (Å²) in [4.78, 5) is 0. The van der Waals surface area contributed by atoms with E-state index in [-0.39, 0.29) is 6.29 Å². The maximum Gasteiger partial charge on any atom is 0.158 e. The van der Waals surface area contributed by atoms with Gasteiger partial charge >= 0.3 is 0 Å². The predicted octanol–water partition coefficient (Wildman–Crippen LogP) is 2.57. The van der Waals surface area contributed by atoms with Crippen LogP contribution in [0, 0.1) is 5.92 Å². The molecule has 1 fully saturated rings. The van der Waals surface area contributed by atoms with Crippen LogP contribution < -0.4 is 0 Å².